The van der Waals surface area contributed by atoms with E-state index in [-0.39, 0.29) is 0 Å². The Balaban J connectivity index is 2.23. The average Bonchev–Trinajstić information content (AvgIpc) is 2.28. The highest BCUT2D eigenvalue weighted by Gasteiger charge is 2.23. The summed E-state index contributed by atoms with van der Waals surface area (Å²) in [6, 6.07) is 11.1. The average molecular weight is 230 g/mol. The van der Waals surface area contributed by atoms with Gasteiger partial charge in [0.25, 0.3) is 0 Å². The van der Waals surface area contributed by atoms with Gasteiger partial charge in [0.05, 0.1) is 8.80 Å². The first-order valence-electron chi connectivity index (χ1n) is 6.35. The van der Waals surface area contributed by atoms with Crippen LogP contribution in [0.25, 0.3) is 0 Å². The normalized spacial score (nSPS) is 21.3. The number of allylic oxidation sites excluding steroid dienone is 2. The molecule has 0 saturated heterocycles. The van der Waals surface area contributed by atoms with Gasteiger partial charge in [-0.3, -0.25) is 0 Å². The Kier molecular flexibility index (Phi) is 3.34. The van der Waals surface area contributed by atoms with E-state index < -0.39 is 8.80 Å². The van der Waals surface area contributed by atoms with Gasteiger partial charge >= 0.3 is 0 Å². The Morgan fingerprint density at radius 3 is 2.44 bits per heavy atom. The summed E-state index contributed by atoms with van der Waals surface area (Å²) in [4.78, 5) is 0. The fourth-order valence-corrected chi connectivity index (χ4v) is 5.26. The Morgan fingerprint density at radius 1 is 1.12 bits per heavy atom. The van der Waals surface area contributed by atoms with E-state index in [1.807, 2.05) is 0 Å². The van der Waals surface area contributed by atoms with Crippen LogP contribution in [0, 0.1) is 5.41 Å². The van der Waals surface area contributed by atoms with E-state index in [0.29, 0.717) is 5.41 Å². The maximum atomic E-state index is 2.57. The lowest BCUT2D eigenvalue weighted by molar-refractivity contribution is 0.402. The van der Waals surface area contributed by atoms with Crippen LogP contribution in [0.15, 0.2) is 41.6 Å². The lowest BCUT2D eigenvalue weighted by Crippen LogP contribution is -2.31. The van der Waals surface area contributed by atoms with Crippen LogP contribution in [0.4, 0.5) is 0 Å². The second-order valence-corrected chi connectivity index (χ2v) is 8.55. The molecule has 1 atom stereocenters. The van der Waals surface area contributed by atoms with Gasteiger partial charge < -0.3 is 0 Å². The largest absolute Gasteiger partial charge is 0.0942 e. The SMILES string of the molecule is C[SiH](C1=CC(C)(C)CCC1)c1ccccc1. The molecule has 1 aromatic rings. The summed E-state index contributed by atoms with van der Waals surface area (Å²) in [5.41, 5.74) is 0.434. The fraction of sp³-hybridized carbons (Fsp3) is 0.467. The standard InChI is InChI=1S/C15H22Si/c1-15(2)11-7-10-14(12-15)16(3)13-8-5-4-6-9-13/h4-6,8-9,12,16H,7,10-11H2,1-3H3. The van der Waals surface area contributed by atoms with Crippen LogP contribution in [0.3, 0.4) is 0 Å². The summed E-state index contributed by atoms with van der Waals surface area (Å²) in [7, 11) is -0.863. The van der Waals surface area contributed by atoms with Crippen molar-refractivity contribution in [3.05, 3.63) is 41.6 Å². The van der Waals surface area contributed by atoms with Crippen LogP contribution in [0.5, 0.6) is 0 Å². The second-order valence-electron chi connectivity index (χ2n) is 5.69. The zero-order chi connectivity index (χ0) is 11.6. The van der Waals surface area contributed by atoms with Crippen molar-refractivity contribution < 1.29 is 0 Å². The molecule has 0 radical (unpaired) electrons. The molecule has 1 aromatic carbocycles. The van der Waals surface area contributed by atoms with Gasteiger partial charge in [0.15, 0.2) is 0 Å². The predicted molar refractivity (Wildman–Crippen MR) is 74.8 cm³/mol. The first kappa shape index (κ1) is 11.7. The van der Waals surface area contributed by atoms with E-state index >= 15 is 0 Å². The zero-order valence-electron chi connectivity index (χ0n) is 10.7. The van der Waals surface area contributed by atoms with Crippen molar-refractivity contribution in [3.63, 3.8) is 0 Å². The van der Waals surface area contributed by atoms with Crippen molar-refractivity contribution in [2.24, 2.45) is 5.41 Å². The number of hydrogen-bond donors (Lipinski definition) is 0. The Labute approximate surface area is 101 Å². The molecular formula is C15H22Si. The highest BCUT2D eigenvalue weighted by molar-refractivity contribution is 6.78. The Hall–Kier alpha value is -0.823. The molecule has 0 aromatic heterocycles. The quantitative estimate of drug-likeness (QED) is 0.683. The monoisotopic (exact) mass is 230 g/mol. The maximum Gasteiger partial charge on any atom is 0.0942 e. The molecule has 0 amide bonds. The van der Waals surface area contributed by atoms with Gasteiger partial charge in [-0.05, 0) is 24.7 Å². The molecular weight excluding hydrogens is 208 g/mol. The van der Waals surface area contributed by atoms with Gasteiger partial charge in [-0.15, -0.1) is 0 Å². The molecule has 16 heavy (non-hydrogen) atoms. The molecule has 1 aliphatic carbocycles. The van der Waals surface area contributed by atoms with Gasteiger partial charge in [0, 0.05) is 0 Å². The minimum Gasteiger partial charge on any atom is -0.0834 e. The Bertz CT molecular complexity index is 376. The summed E-state index contributed by atoms with van der Waals surface area (Å²) in [6.07, 6.45) is 6.64. The highest BCUT2D eigenvalue weighted by Crippen LogP contribution is 2.33. The lowest BCUT2D eigenvalue weighted by atomic mass is 9.83. The van der Waals surface area contributed by atoms with Gasteiger partial charge in [0.1, 0.15) is 0 Å². The summed E-state index contributed by atoms with van der Waals surface area (Å²) in [5.74, 6) is 0. The van der Waals surface area contributed by atoms with Crippen molar-refractivity contribution >= 4 is 14.0 Å². The lowest BCUT2D eigenvalue weighted by Gasteiger charge is -2.30. The van der Waals surface area contributed by atoms with E-state index in [0.717, 1.165) is 0 Å². The van der Waals surface area contributed by atoms with E-state index in [2.05, 4.69) is 56.8 Å². The van der Waals surface area contributed by atoms with Crippen LogP contribution >= 0.6 is 0 Å². The fourth-order valence-electron chi connectivity index (χ4n) is 2.69. The first-order valence-corrected chi connectivity index (χ1v) is 8.66. The van der Waals surface area contributed by atoms with Crippen molar-refractivity contribution in [1.82, 2.24) is 0 Å². The molecule has 0 saturated carbocycles. The van der Waals surface area contributed by atoms with Gasteiger partial charge in [-0.2, -0.15) is 0 Å². The van der Waals surface area contributed by atoms with Gasteiger partial charge in [0.2, 0.25) is 0 Å². The third kappa shape index (κ3) is 2.65. The number of hydrogen-bond acceptors (Lipinski definition) is 0. The van der Waals surface area contributed by atoms with Gasteiger partial charge in [-0.1, -0.05) is 67.2 Å². The molecule has 1 unspecified atom stereocenters. The second kappa shape index (κ2) is 4.58. The minimum atomic E-state index is -0.863. The maximum absolute atomic E-state index is 2.57. The highest BCUT2D eigenvalue weighted by atomic mass is 28.3. The molecule has 0 spiro atoms. The summed E-state index contributed by atoms with van der Waals surface area (Å²) >= 11 is 0. The molecule has 1 aliphatic rings. The molecule has 0 heterocycles. The summed E-state index contributed by atoms with van der Waals surface area (Å²) in [6.45, 7) is 7.22. The summed E-state index contributed by atoms with van der Waals surface area (Å²) < 4.78 is 0. The van der Waals surface area contributed by atoms with Crippen LogP contribution in [-0.2, 0) is 0 Å². The molecule has 0 fully saturated rings. The summed E-state index contributed by atoms with van der Waals surface area (Å²) in [5, 5.41) is 3.36. The van der Waals surface area contributed by atoms with Crippen molar-refractivity contribution in [1.29, 1.82) is 0 Å². The van der Waals surface area contributed by atoms with Gasteiger partial charge in [-0.25, -0.2) is 0 Å². The van der Waals surface area contributed by atoms with Crippen molar-refractivity contribution in [2.75, 3.05) is 0 Å². The van der Waals surface area contributed by atoms with Crippen LogP contribution in [-0.4, -0.2) is 8.80 Å². The molecule has 86 valence electrons. The van der Waals surface area contributed by atoms with E-state index in [4.69, 9.17) is 0 Å². The molecule has 0 aliphatic heterocycles. The molecule has 1 heteroatoms. The molecule has 0 N–H and O–H groups in total. The van der Waals surface area contributed by atoms with E-state index in [1.165, 1.54) is 19.3 Å². The molecule has 2 rings (SSSR count). The third-order valence-electron chi connectivity index (χ3n) is 3.72. The smallest absolute Gasteiger partial charge is 0.0834 e. The van der Waals surface area contributed by atoms with Crippen LogP contribution in [0.2, 0.25) is 6.55 Å². The number of benzene rings is 1. The van der Waals surface area contributed by atoms with E-state index in [9.17, 15) is 0 Å². The first-order chi connectivity index (χ1) is 7.58. The van der Waals surface area contributed by atoms with E-state index in [1.54, 1.807) is 10.4 Å². The van der Waals surface area contributed by atoms with Crippen LogP contribution < -0.4 is 5.19 Å². The topological polar surface area (TPSA) is 0 Å². The van der Waals surface area contributed by atoms with Crippen molar-refractivity contribution in [3.8, 4) is 0 Å². The van der Waals surface area contributed by atoms with Crippen molar-refractivity contribution in [2.45, 2.75) is 39.7 Å². The van der Waals surface area contributed by atoms with Crippen LogP contribution in [0.1, 0.15) is 33.1 Å². The predicted octanol–water partition coefficient (Wildman–Crippen LogP) is 3.43. The minimum absolute atomic E-state index is 0.434. The molecule has 0 bridgehead atoms. The molecule has 0 nitrogen and oxygen atoms in total. The Morgan fingerprint density at radius 2 is 1.81 bits per heavy atom. The third-order valence-corrected chi connectivity index (χ3v) is 6.67. The zero-order valence-corrected chi connectivity index (χ0v) is 11.8. The number of rotatable bonds is 2.